The highest BCUT2D eigenvalue weighted by molar-refractivity contribution is 7.99. The zero-order valence-corrected chi connectivity index (χ0v) is 12.4. The van der Waals surface area contributed by atoms with Gasteiger partial charge < -0.3 is 10.4 Å². The number of amides is 1. The summed E-state index contributed by atoms with van der Waals surface area (Å²) < 4.78 is 0. The summed E-state index contributed by atoms with van der Waals surface area (Å²) in [6.45, 7) is 3.97. The Balaban J connectivity index is 2.53. The van der Waals surface area contributed by atoms with Crippen molar-refractivity contribution in [2.75, 3.05) is 5.75 Å². The van der Waals surface area contributed by atoms with Crippen molar-refractivity contribution in [1.29, 1.82) is 0 Å². The van der Waals surface area contributed by atoms with Gasteiger partial charge in [0.1, 0.15) is 6.04 Å². The minimum atomic E-state index is -1.01. The summed E-state index contributed by atoms with van der Waals surface area (Å²) in [5.41, 5.74) is 0.895. The van der Waals surface area contributed by atoms with Crippen LogP contribution in [0, 0.1) is 0 Å². The molecule has 1 rings (SSSR count). The van der Waals surface area contributed by atoms with Crippen LogP contribution in [0.4, 0.5) is 0 Å². The number of rotatable bonds is 7. The lowest BCUT2D eigenvalue weighted by Crippen LogP contribution is -2.42. The van der Waals surface area contributed by atoms with E-state index in [0.717, 1.165) is 5.56 Å². The Bertz CT molecular complexity index is 471. The molecule has 20 heavy (non-hydrogen) atoms. The van der Waals surface area contributed by atoms with Crippen molar-refractivity contribution >= 4 is 29.7 Å². The first kappa shape index (κ1) is 16.3. The Morgan fingerprint density at radius 2 is 1.95 bits per heavy atom. The number of hydrogen-bond acceptors (Lipinski definition) is 3. The largest absolute Gasteiger partial charge is 0.480 e. The van der Waals surface area contributed by atoms with Crippen molar-refractivity contribution in [2.45, 2.75) is 25.1 Å². The van der Waals surface area contributed by atoms with Gasteiger partial charge in [0, 0.05) is 11.8 Å². The molecule has 0 aliphatic rings. The molecule has 0 aromatic heterocycles. The SMILES string of the molecule is CC(C)SCC(NC(=O)/C=C/c1ccccc1)C(=O)O. The molecule has 0 aliphatic heterocycles. The van der Waals surface area contributed by atoms with Crippen LogP contribution in [0.2, 0.25) is 0 Å². The van der Waals surface area contributed by atoms with E-state index in [2.05, 4.69) is 5.32 Å². The number of carboxylic acid groups (broad SMARTS) is 1. The molecular formula is C15H19NO3S. The van der Waals surface area contributed by atoms with E-state index >= 15 is 0 Å². The van der Waals surface area contributed by atoms with Crippen molar-refractivity contribution in [3.8, 4) is 0 Å². The summed E-state index contributed by atoms with van der Waals surface area (Å²) in [7, 11) is 0. The van der Waals surface area contributed by atoms with Crippen LogP contribution in [0.3, 0.4) is 0 Å². The molecule has 0 aliphatic carbocycles. The standard InChI is InChI=1S/C15H19NO3S/c1-11(2)20-10-13(15(18)19)16-14(17)9-8-12-6-4-3-5-7-12/h3-9,11,13H,10H2,1-2H3,(H,16,17)(H,18,19)/b9-8+. The normalized spacial score (nSPS) is 12.6. The number of carbonyl (C=O) groups excluding carboxylic acids is 1. The number of thioether (sulfide) groups is 1. The summed E-state index contributed by atoms with van der Waals surface area (Å²) in [5.74, 6) is -1.05. The van der Waals surface area contributed by atoms with Crippen molar-refractivity contribution < 1.29 is 14.7 Å². The maximum Gasteiger partial charge on any atom is 0.327 e. The van der Waals surface area contributed by atoms with Crippen LogP contribution in [0.15, 0.2) is 36.4 Å². The number of nitrogens with one attached hydrogen (secondary N) is 1. The van der Waals surface area contributed by atoms with Gasteiger partial charge in [-0.15, -0.1) is 0 Å². The maximum atomic E-state index is 11.7. The second kappa shape index (κ2) is 8.43. The molecular weight excluding hydrogens is 274 g/mol. The Morgan fingerprint density at radius 3 is 2.50 bits per heavy atom. The number of hydrogen-bond donors (Lipinski definition) is 2. The van der Waals surface area contributed by atoms with E-state index in [1.54, 1.807) is 6.08 Å². The summed E-state index contributed by atoms with van der Waals surface area (Å²) in [6, 6.07) is 8.50. The van der Waals surface area contributed by atoms with Gasteiger partial charge in [-0.1, -0.05) is 44.2 Å². The van der Waals surface area contributed by atoms with Gasteiger partial charge in [0.15, 0.2) is 0 Å². The van der Waals surface area contributed by atoms with Gasteiger partial charge in [-0.25, -0.2) is 4.79 Å². The molecule has 0 saturated carbocycles. The van der Waals surface area contributed by atoms with Crippen LogP contribution in [0.1, 0.15) is 19.4 Å². The van der Waals surface area contributed by atoms with Crippen molar-refractivity contribution in [1.82, 2.24) is 5.32 Å². The van der Waals surface area contributed by atoms with E-state index in [1.807, 2.05) is 44.2 Å². The summed E-state index contributed by atoms with van der Waals surface area (Å²) in [4.78, 5) is 22.8. The average Bonchev–Trinajstić information content (AvgIpc) is 2.41. The lowest BCUT2D eigenvalue weighted by Gasteiger charge is -2.14. The fourth-order valence-corrected chi connectivity index (χ4v) is 2.22. The van der Waals surface area contributed by atoms with Gasteiger partial charge in [0.05, 0.1) is 0 Å². The number of carbonyl (C=O) groups is 2. The molecule has 5 heteroatoms. The molecule has 4 nitrogen and oxygen atoms in total. The van der Waals surface area contributed by atoms with E-state index in [0.29, 0.717) is 11.0 Å². The minimum Gasteiger partial charge on any atom is -0.480 e. The molecule has 108 valence electrons. The Hall–Kier alpha value is -1.75. The van der Waals surface area contributed by atoms with Crippen LogP contribution < -0.4 is 5.32 Å². The van der Waals surface area contributed by atoms with Crippen LogP contribution in [0.5, 0.6) is 0 Å². The molecule has 0 radical (unpaired) electrons. The monoisotopic (exact) mass is 293 g/mol. The van der Waals surface area contributed by atoms with E-state index < -0.39 is 17.9 Å². The Kier molecular flexibility index (Phi) is 6.87. The number of aliphatic carboxylic acids is 1. The Morgan fingerprint density at radius 1 is 1.30 bits per heavy atom. The predicted octanol–water partition coefficient (Wildman–Crippen LogP) is 2.41. The first-order valence-corrected chi connectivity index (χ1v) is 7.42. The average molecular weight is 293 g/mol. The fourth-order valence-electron chi connectivity index (χ4n) is 1.42. The quantitative estimate of drug-likeness (QED) is 0.758. The molecule has 1 amide bonds. The molecule has 1 aromatic carbocycles. The summed E-state index contributed by atoms with van der Waals surface area (Å²) in [6.07, 6.45) is 3.01. The lowest BCUT2D eigenvalue weighted by molar-refractivity contribution is -0.140. The van der Waals surface area contributed by atoms with Gasteiger partial charge in [-0.2, -0.15) is 11.8 Å². The Labute approximate surface area is 123 Å². The molecule has 1 unspecified atom stereocenters. The van der Waals surface area contributed by atoms with E-state index in [9.17, 15) is 9.59 Å². The lowest BCUT2D eigenvalue weighted by atomic mass is 10.2. The molecule has 1 atom stereocenters. The summed E-state index contributed by atoms with van der Waals surface area (Å²) in [5, 5.41) is 11.9. The van der Waals surface area contributed by atoms with Gasteiger partial charge in [-0.3, -0.25) is 4.79 Å². The van der Waals surface area contributed by atoms with Crippen LogP contribution in [-0.4, -0.2) is 34.0 Å². The van der Waals surface area contributed by atoms with Crippen LogP contribution in [-0.2, 0) is 9.59 Å². The number of carboxylic acids is 1. The molecule has 0 spiro atoms. The molecule has 0 fully saturated rings. The van der Waals surface area contributed by atoms with E-state index in [4.69, 9.17) is 5.11 Å². The highest BCUT2D eigenvalue weighted by atomic mass is 32.2. The van der Waals surface area contributed by atoms with Crippen molar-refractivity contribution in [2.24, 2.45) is 0 Å². The van der Waals surface area contributed by atoms with E-state index in [-0.39, 0.29) is 0 Å². The zero-order valence-electron chi connectivity index (χ0n) is 11.6. The smallest absolute Gasteiger partial charge is 0.327 e. The fraction of sp³-hybridized carbons (Fsp3) is 0.333. The third kappa shape index (κ3) is 6.43. The molecule has 1 aromatic rings. The van der Waals surface area contributed by atoms with Crippen LogP contribution >= 0.6 is 11.8 Å². The third-order valence-electron chi connectivity index (χ3n) is 2.44. The zero-order chi connectivity index (χ0) is 15.0. The molecule has 0 heterocycles. The van der Waals surface area contributed by atoms with Gasteiger partial charge in [0.2, 0.25) is 5.91 Å². The van der Waals surface area contributed by atoms with Gasteiger partial charge >= 0.3 is 5.97 Å². The van der Waals surface area contributed by atoms with Crippen molar-refractivity contribution in [3.05, 3.63) is 42.0 Å². The second-order valence-electron chi connectivity index (χ2n) is 4.53. The first-order chi connectivity index (χ1) is 9.49. The van der Waals surface area contributed by atoms with E-state index in [1.165, 1.54) is 17.8 Å². The van der Waals surface area contributed by atoms with Gasteiger partial charge in [-0.05, 0) is 16.9 Å². The van der Waals surface area contributed by atoms with Crippen molar-refractivity contribution in [3.63, 3.8) is 0 Å². The minimum absolute atomic E-state index is 0.327. The van der Waals surface area contributed by atoms with Crippen LogP contribution in [0.25, 0.3) is 6.08 Å². The highest BCUT2D eigenvalue weighted by Gasteiger charge is 2.19. The third-order valence-corrected chi connectivity index (χ3v) is 3.63. The predicted molar refractivity (Wildman–Crippen MR) is 82.6 cm³/mol. The molecule has 2 N–H and O–H groups in total. The second-order valence-corrected chi connectivity index (χ2v) is 6.13. The number of benzene rings is 1. The first-order valence-electron chi connectivity index (χ1n) is 6.37. The highest BCUT2D eigenvalue weighted by Crippen LogP contribution is 2.10. The topological polar surface area (TPSA) is 66.4 Å². The van der Waals surface area contributed by atoms with Gasteiger partial charge in [0.25, 0.3) is 0 Å². The molecule has 0 saturated heterocycles. The maximum absolute atomic E-state index is 11.7. The summed E-state index contributed by atoms with van der Waals surface area (Å²) >= 11 is 1.50. The molecule has 0 bridgehead atoms.